The molecule has 5 nitrogen and oxygen atoms in total. The lowest BCUT2D eigenvalue weighted by atomic mass is 9.44. The number of ketones is 1. The zero-order valence-corrected chi connectivity index (χ0v) is 18.1. The van der Waals surface area contributed by atoms with Gasteiger partial charge in [-0.15, -0.1) is 0 Å². The molecule has 4 fully saturated rings. The second-order valence-corrected chi connectivity index (χ2v) is 10.3. The van der Waals surface area contributed by atoms with Gasteiger partial charge in [-0.25, -0.2) is 0 Å². The molecule has 5 heteroatoms. The maximum Gasteiger partial charge on any atom is 0.146 e. The Bertz CT molecular complexity index is 579. The molecule has 4 aliphatic rings. The van der Waals surface area contributed by atoms with E-state index in [9.17, 15) is 4.79 Å². The quantitative estimate of drug-likeness (QED) is 0.633. The van der Waals surface area contributed by atoms with Gasteiger partial charge in [-0.3, -0.25) is 4.79 Å². The van der Waals surface area contributed by atoms with Crippen LogP contribution in [-0.2, 0) is 23.7 Å². The Morgan fingerprint density at radius 2 is 1.61 bits per heavy atom. The number of ether oxygens (including phenoxy) is 4. The Hall–Kier alpha value is -0.490. The van der Waals surface area contributed by atoms with Crippen LogP contribution in [0.1, 0.15) is 65.2 Å². The predicted octanol–water partition coefficient (Wildman–Crippen LogP) is 4.19. The van der Waals surface area contributed by atoms with Gasteiger partial charge >= 0.3 is 0 Å². The van der Waals surface area contributed by atoms with Crippen LogP contribution in [0.5, 0.6) is 0 Å². The first-order valence-corrected chi connectivity index (χ1v) is 11.2. The summed E-state index contributed by atoms with van der Waals surface area (Å²) in [5.41, 5.74) is 0.446. The van der Waals surface area contributed by atoms with Crippen LogP contribution in [0.3, 0.4) is 0 Å². The van der Waals surface area contributed by atoms with E-state index >= 15 is 0 Å². The summed E-state index contributed by atoms with van der Waals surface area (Å²) in [6.07, 6.45) is 8.82. The van der Waals surface area contributed by atoms with Crippen molar-refractivity contribution in [3.05, 3.63) is 0 Å². The normalized spacial score (nSPS) is 48.1. The Morgan fingerprint density at radius 3 is 2.36 bits per heavy atom. The van der Waals surface area contributed by atoms with E-state index in [1.54, 1.807) is 14.2 Å². The number of hydrogen-bond donors (Lipinski definition) is 0. The van der Waals surface area contributed by atoms with Crippen molar-refractivity contribution in [3.8, 4) is 0 Å². The monoisotopic (exact) mass is 394 g/mol. The first-order chi connectivity index (χ1) is 13.4. The van der Waals surface area contributed by atoms with Gasteiger partial charge in [0.25, 0.3) is 0 Å². The van der Waals surface area contributed by atoms with E-state index in [1.807, 2.05) is 0 Å². The molecule has 0 spiro atoms. The summed E-state index contributed by atoms with van der Waals surface area (Å²) in [6.45, 7) is 5.62. The maximum absolute atomic E-state index is 12.3. The zero-order valence-electron chi connectivity index (χ0n) is 18.1. The van der Waals surface area contributed by atoms with Gasteiger partial charge in [-0.1, -0.05) is 13.8 Å². The summed E-state index contributed by atoms with van der Waals surface area (Å²) in [7, 11) is 3.39. The van der Waals surface area contributed by atoms with E-state index in [0.717, 1.165) is 25.7 Å². The Kier molecular flexibility index (Phi) is 5.92. The van der Waals surface area contributed by atoms with Crippen molar-refractivity contribution in [1.29, 1.82) is 0 Å². The van der Waals surface area contributed by atoms with Gasteiger partial charge < -0.3 is 18.9 Å². The van der Waals surface area contributed by atoms with Crippen LogP contribution in [0.4, 0.5) is 0 Å². The second kappa shape index (κ2) is 7.98. The third-order valence-electron chi connectivity index (χ3n) is 9.17. The Labute approximate surface area is 169 Å². The van der Waals surface area contributed by atoms with Crippen LogP contribution in [0.15, 0.2) is 0 Å². The topological polar surface area (TPSA) is 54.0 Å². The number of rotatable bonds is 6. The predicted molar refractivity (Wildman–Crippen MR) is 106 cm³/mol. The summed E-state index contributed by atoms with van der Waals surface area (Å²) in [5.74, 6) is 2.80. The fourth-order valence-electron chi connectivity index (χ4n) is 7.77. The second-order valence-electron chi connectivity index (χ2n) is 10.3. The van der Waals surface area contributed by atoms with Gasteiger partial charge in [0.05, 0.1) is 12.2 Å². The molecule has 28 heavy (non-hydrogen) atoms. The molecule has 0 N–H and O–H groups in total. The molecule has 3 unspecified atom stereocenters. The molecule has 160 valence electrons. The average Bonchev–Trinajstić information content (AvgIpc) is 3.02. The van der Waals surface area contributed by atoms with Gasteiger partial charge in [0, 0.05) is 27.1 Å². The minimum absolute atomic E-state index is 0.136. The van der Waals surface area contributed by atoms with Gasteiger partial charge in [-0.2, -0.15) is 0 Å². The molecule has 0 saturated heterocycles. The molecule has 4 aliphatic carbocycles. The highest BCUT2D eigenvalue weighted by atomic mass is 16.7. The average molecular weight is 395 g/mol. The largest absolute Gasteiger partial charge is 0.359 e. The maximum atomic E-state index is 12.3. The van der Waals surface area contributed by atoms with E-state index in [2.05, 4.69) is 13.8 Å². The third kappa shape index (κ3) is 3.27. The molecule has 0 aromatic carbocycles. The molecule has 0 heterocycles. The van der Waals surface area contributed by atoms with E-state index in [-0.39, 0.29) is 16.9 Å². The molecular weight excluding hydrogens is 356 g/mol. The van der Waals surface area contributed by atoms with Crippen molar-refractivity contribution >= 4 is 5.78 Å². The highest BCUT2D eigenvalue weighted by molar-refractivity contribution is 5.79. The standard InChI is InChI=1S/C23H38O5/c1-22-9-7-15(24)11-19(22)20(27-13-25-3)12-16-17-5-6-21(28-14-26-4)23(17,2)10-8-18(16)22/h16-21H,5-14H2,1-4H3/t16?,17?,18?,19-,20+,21+,22-,23+/m1/s1. The molecular formula is C23H38O5. The van der Waals surface area contributed by atoms with Gasteiger partial charge in [-0.05, 0) is 73.0 Å². The minimum atomic E-state index is 0.136. The SMILES string of the molecule is COCO[C@H]1CC2C3CC[C@H](OCOC)[C@@]3(C)CCC2[C@@]2(C)CCC(=O)C[C@H]12. The summed E-state index contributed by atoms with van der Waals surface area (Å²) >= 11 is 0. The van der Waals surface area contributed by atoms with Gasteiger partial charge in [0.1, 0.15) is 19.4 Å². The first-order valence-electron chi connectivity index (χ1n) is 11.2. The first kappa shape index (κ1) is 20.8. The lowest BCUT2D eigenvalue weighted by Gasteiger charge is -2.61. The van der Waals surface area contributed by atoms with E-state index in [4.69, 9.17) is 18.9 Å². The lowest BCUT2D eigenvalue weighted by molar-refractivity contribution is -0.203. The van der Waals surface area contributed by atoms with E-state index in [0.29, 0.717) is 55.6 Å². The van der Waals surface area contributed by atoms with Crippen molar-refractivity contribution in [3.63, 3.8) is 0 Å². The van der Waals surface area contributed by atoms with Crippen LogP contribution in [0.25, 0.3) is 0 Å². The molecule has 0 bridgehead atoms. The van der Waals surface area contributed by atoms with Crippen LogP contribution in [0.2, 0.25) is 0 Å². The molecule has 0 aliphatic heterocycles. The zero-order chi connectivity index (χ0) is 19.9. The van der Waals surface area contributed by atoms with Crippen LogP contribution in [-0.4, -0.2) is 45.8 Å². The van der Waals surface area contributed by atoms with Gasteiger partial charge in [0.15, 0.2) is 0 Å². The fraction of sp³-hybridized carbons (Fsp3) is 0.957. The fourth-order valence-corrected chi connectivity index (χ4v) is 7.77. The van der Waals surface area contributed by atoms with Crippen LogP contribution in [0, 0.1) is 34.5 Å². The van der Waals surface area contributed by atoms with E-state index in [1.165, 1.54) is 19.3 Å². The van der Waals surface area contributed by atoms with Crippen molar-refractivity contribution in [2.75, 3.05) is 27.8 Å². The number of fused-ring (bicyclic) bond motifs is 5. The Morgan fingerprint density at radius 1 is 0.893 bits per heavy atom. The summed E-state index contributed by atoms with van der Waals surface area (Å²) in [5, 5.41) is 0. The summed E-state index contributed by atoms with van der Waals surface area (Å²) < 4.78 is 22.8. The highest BCUT2D eigenvalue weighted by Crippen LogP contribution is 2.66. The number of hydrogen-bond acceptors (Lipinski definition) is 5. The third-order valence-corrected chi connectivity index (χ3v) is 9.17. The smallest absolute Gasteiger partial charge is 0.146 e. The number of carbonyl (C=O) groups excluding carboxylic acids is 1. The van der Waals surface area contributed by atoms with Crippen molar-refractivity contribution < 1.29 is 23.7 Å². The Balaban J connectivity index is 1.60. The summed E-state index contributed by atoms with van der Waals surface area (Å²) in [6, 6.07) is 0. The lowest BCUT2D eigenvalue weighted by Crippen LogP contribution is -2.58. The molecule has 0 amide bonds. The van der Waals surface area contributed by atoms with Crippen molar-refractivity contribution in [2.45, 2.75) is 77.4 Å². The van der Waals surface area contributed by atoms with Gasteiger partial charge in [0.2, 0.25) is 0 Å². The van der Waals surface area contributed by atoms with Crippen molar-refractivity contribution in [2.24, 2.45) is 34.5 Å². The van der Waals surface area contributed by atoms with Crippen LogP contribution < -0.4 is 0 Å². The molecule has 0 radical (unpaired) electrons. The number of methoxy groups -OCH3 is 2. The van der Waals surface area contributed by atoms with Crippen LogP contribution >= 0.6 is 0 Å². The molecule has 8 atom stereocenters. The number of carbonyl (C=O) groups is 1. The molecule has 4 rings (SSSR count). The molecule has 0 aromatic rings. The molecule has 4 saturated carbocycles. The molecule has 0 aromatic heterocycles. The van der Waals surface area contributed by atoms with Crippen molar-refractivity contribution in [1.82, 2.24) is 0 Å². The van der Waals surface area contributed by atoms with E-state index < -0.39 is 0 Å². The summed E-state index contributed by atoms with van der Waals surface area (Å²) in [4.78, 5) is 12.3. The number of Topliss-reactive ketones (excluding diaryl/α,β-unsaturated/α-hetero) is 1. The minimum Gasteiger partial charge on any atom is -0.359 e. The highest BCUT2D eigenvalue weighted by Gasteiger charge is 2.62.